The van der Waals surface area contributed by atoms with Crippen molar-refractivity contribution in [3.63, 3.8) is 0 Å². The van der Waals surface area contributed by atoms with Gasteiger partial charge in [0.25, 0.3) is 0 Å². The van der Waals surface area contributed by atoms with Gasteiger partial charge in [-0.25, -0.2) is 0 Å². The average Bonchev–Trinajstić information content (AvgIpc) is 2.71. The van der Waals surface area contributed by atoms with Crippen LogP contribution in [0, 0.1) is 5.92 Å². The lowest BCUT2D eigenvalue weighted by atomic mass is 10.0. The lowest BCUT2D eigenvalue weighted by Crippen LogP contribution is -2.53. The summed E-state index contributed by atoms with van der Waals surface area (Å²) in [7, 11) is 0. The van der Waals surface area contributed by atoms with E-state index in [1.807, 2.05) is 6.92 Å². The topological polar surface area (TPSA) is 73.9 Å². The minimum absolute atomic E-state index is 0.222. The van der Waals surface area contributed by atoms with Crippen LogP contribution in [-0.2, 0) is 9.59 Å². The Morgan fingerprint density at radius 1 is 1.26 bits per heavy atom. The average molecular weight is 374 g/mol. The van der Waals surface area contributed by atoms with Crippen LogP contribution in [0.5, 0.6) is 5.75 Å². The van der Waals surface area contributed by atoms with E-state index < -0.39 is 0 Å². The molecule has 1 unspecified atom stereocenters. The third kappa shape index (κ3) is 5.51. The Bertz CT molecular complexity index is 625. The van der Waals surface area contributed by atoms with Gasteiger partial charge in [0, 0.05) is 38.8 Å². The second-order valence-corrected chi connectivity index (χ2v) is 7.40. The molecule has 1 atom stereocenters. The van der Waals surface area contributed by atoms with E-state index in [2.05, 4.69) is 20.4 Å². The molecule has 2 N–H and O–H groups in total. The van der Waals surface area contributed by atoms with Crippen LogP contribution in [0.25, 0.3) is 0 Å². The van der Waals surface area contributed by atoms with Crippen molar-refractivity contribution in [2.24, 2.45) is 5.92 Å². The molecule has 0 aliphatic carbocycles. The van der Waals surface area contributed by atoms with Crippen molar-refractivity contribution in [1.29, 1.82) is 0 Å². The fourth-order valence-corrected chi connectivity index (χ4v) is 3.89. The molecule has 2 fully saturated rings. The van der Waals surface area contributed by atoms with E-state index in [9.17, 15) is 9.59 Å². The molecule has 0 bridgehead atoms. The highest BCUT2D eigenvalue weighted by Gasteiger charge is 2.27. The first kappa shape index (κ1) is 19.8. The second kappa shape index (κ2) is 9.82. The number of benzene rings is 1. The van der Waals surface area contributed by atoms with Gasteiger partial charge in [0.15, 0.2) is 5.75 Å². The molecule has 148 valence electrons. The third-order valence-corrected chi connectivity index (χ3v) is 5.48. The monoisotopic (exact) mass is 374 g/mol. The number of piperidine rings is 1. The molecule has 2 heterocycles. The zero-order chi connectivity index (χ0) is 19.1. The van der Waals surface area contributed by atoms with Crippen LogP contribution in [0.2, 0.25) is 0 Å². The van der Waals surface area contributed by atoms with Gasteiger partial charge in [0.1, 0.15) is 0 Å². The van der Waals surface area contributed by atoms with Crippen LogP contribution in [-0.4, -0.2) is 74.0 Å². The van der Waals surface area contributed by atoms with Crippen LogP contribution in [0.15, 0.2) is 24.3 Å². The van der Waals surface area contributed by atoms with Crippen LogP contribution < -0.4 is 15.4 Å². The number of piperazine rings is 1. The molecule has 1 amide bonds. The summed E-state index contributed by atoms with van der Waals surface area (Å²) in [6, 6.07) is 7.67. The van der Waals surface area contributed by atoms with Gasteiger partial charge in [0.05, 0.1) is 11.6 Å². The number of nitrogens with one attached hydrogen (secondary N) is 2. The number of amides is 1. The number of carbonyl (C=O) groups is 2. The van der Waals surface area contributed by atoms with E-state index in [0.29, 0.717) is 30.4 Å². The summed E-state index contributed by atoms with van der Waals surface area (Å²) in [5.74, 6) is -0.104. The van der Waals surface area contributed by atoms with Gasteiger partial charge < -0.3 is 15.4 Å². The first-order valence-electron chi connectivity index (χ1n) is 9.85. The number of anilines is 1. The Hall–Kier alpha value is -1.96. The molecule has 7 heteroatoms. The van der Waals surface area contributed by atoms with Gasteiger partial charge in [-0.1, -0.05) is 19.1 Å². The Labute approximate surface area is 161 Å². The van der Waals surface area contributed by atoms with Crippen molar-refractivity contribution in [3.8, 4) is 5.75 Å². The van der Waals surface area contributed by atoms with E-state index in [1.165, 1.54) is 12.8 Å². The van der Waals surface area contributed by atoms with Crippen molar-refractivity contribution in [3.05, 3.63) is 24.3 Å². The van der Waals surface area contributed by atoms with E-state index in [-0.39, 0.29) is 11.9 Å². The largest absolute Gasteiger partial charge is 0.424 e. The van der Waals surface area contributed by atoms with Gasteiger partial charge >= 0.3 is 5.97 Å². The van der Waals surface area contributed by atoms with Crippen LogP contribution >= 0.6 is 0 Å². The SMILES string of the molecule is CC(CN1CCN(C2CCNCC2)CC1)C(=O)Oc1ccccc1NC=O. The van der Waals surface area contributed by atoms with Crippen molar-refractivity contribution in [2.45, 2.75) is 25.8 Å². The molecule has 2 saturated heterocycles. The van der Waals surface area contributed by atoms with Gasteiger partial charge in [-0.2, -0.15) is 0 Å². The molecular formula is C20H30N4O3. The van der Waals surface area contributed by atoms with Crippen molar-refractivity contribution in [2.75, 3.05) is 51.1 Å². The summed E-state index contributed by atoms with van der Waals surface area (Å²) in [6.45, 7) is 8.95. The Kier molecular flexibility index (Phi) is 7.20. The zero-order valence-electron chi connectivity index (χ0n) is 16.0. The highest BCUT2D eigenvalue weighted by atomic mass is 16.5. The maximum absolute atomic E-state index is 12.5. The quantitative estimate of drug-likeness (QED) is 0.424. The van der Waals surface area contributed by atoms with Gasteiger partial charge in [-0.3, -0.25) is 19.4 Å². The maximum atomic E-state index is 12.5. The number of ether oxygens (including phenoxy) is 1. The molecule has 2 aliphatic heterocycles. The Balaban J connectivity index is 1.45. The molecule has 0 aromatic heterocycles. The predicted octanol–water partition coefficient (Wildman–Crippen LogP) is 1.17. The van der Waals surface area contributed by atoms with E-state index >= 15 is 0 Å². The summed E-state index contributed by atoms with van der Waals surface area (Å²) in [5, 5.41) is 5.98. The standard InChI is InChI=1S/C20H30N4O3/c1-16(20(26)27-19-5-3-2-4-18(19)22-15-25)14-23-10-12-24(13-11-23)17-6-8-21-9-7-17/h2-5,15-17,21H,6-14H2,1H3,(H,22,25). The zero-order valence-corrected chi connectivity index (χ0v) is 16.0. The fourth-order valence-electron chi connectivity index (χ4n) is 3.89. The normalized spacial score (nSPS) is 20.8. The molecule has 3 rings (SSSR count). The first-order valence-corrected chi connectivity index (χ1v) is 9.85. The van der Waals surface area contributed by atoms with E-state index in [4.69, 9.17) is 4.74 Å². The maximum Gasteiger partial charge on any atom is 0.315 e. The van der Waals surface area contributed by atoms with Crippen LogP contribution in [0.4, 0.5) is 5.69 Å². The molecule has 0 spiro atoms. The number of para-hydroxylation sites is 2. The molecule has 2 aliphatic rings. The third-order valence-electron chi connectivity index (χ3n) is 5.48. The fraction of sp³-hybridized carbons (Fsp3) is 0.600. The Morgan fingerprint density at radius 2 is 1.96 bits per heavy atom. The van der Waals surface area contributed by atoms with Crippen molar-refractivity contribution < 1.29 is 14.3 Å². The summed E-state index contributed by atoms with van der Waals surface area (Å²) >= 11 is 0. The summed E-state index contributed by atoms with van der Waals surface area (Å²) in [5.41, 5.74) is 0.503. The number of hydrogen-bond acceptors (Lipinski definition) is 6. The van der Waals surface area contributed by atoms with Gasteiger partial charge in [0.2, 0.25) is 6.41 Å². The van der Waals surface area contributed by atoms with Crippen LogP contribution in [0.1, 0.15) is 19.8 Å². The first-order chi connectivity index (χ1) is 13.2. The molecule has 0 saturated carbocycles. The smallest absolute Gasteiger partial charge is 0.315 e. The summed E-state index contributed by atoms with van der Waals surface area (Å²) in [6.07, 6.45) is 3.05. The predicted molar refractivity (Wildman–Crippen MR) is 105 cm³/mol. The van der Waals surface area contributed by atoms with Crippen molar-refractivity contribution >= 4 is 18.1 Å². The molecule has 27 heavy (non-hydrogen) atoms. The van der Waals surface area contributed by atoms with Gasteiger partial charge in [-0.05, 0) is 38.1 Å². The van der Waals surface area contributed by atoms with Crippen LogP contribution in [0.3, 0.4) is 0 Å². The second-order valence-electron chi connectivity index (χ2n) is 7.40. The highest BCUT2D eigenvalue weighted by molar-refractivity contribution is 5.80. The molecule has 1 aromatic carbocycles. The number of hydrogen-bond donors (Lipinski definition) is 2. The van der Waals surface area contributed by atoms with E-state index in [0.717, 1.165) is 39.3 Å². The minimum atomic E-state index is -0.268. The molecule has 1 aromatic rings. The van der Waals surface area contributed by atoms with Crippen molar-refractivity contribution in [1.82, 2.24) is 15.1 Å². The molecular weight excluding hydrogens is 344 g/mol. The molecule has 7 nitrogen and oxygen atoms in total. The lowest BCUT2D eigenvalue weighted by molar-refractivity contribution is -0.139. The number of carbonyl (C=O) groups excluding carboxylic acids is 2. The Morgan fingerprint density at radius 3 is 2.67 bits per heavy atom. The minimum Gasteiger partial charge on any atom is -0.424 e. The number of esters is 1. The lowest BCUT2D eigenvalue weighted by Gasteiger charge is -2.41. The molecule has 0 radical (unpaired) electrons. The summed E-state index contributed by atoms with van der Waals surface area (Å²) in [4.78, 5) is 28.1. The van der Waals surface area contributed by atoms with Gasteiger partial charge in [-0.15, -0.1) is 0 Å². The highest BCUT2D eigenvalue weighted by Crippen LogP contribution is 2.24. The number of rotatable bonds is 7. The van der Waals surface area contributed by atoms with E-state index in [1.54, 1.807) is 24.3 Å². The number of nitrogens with zero attached hydrogens (tertiary/aromatic N) is 2. The summed E-state index contributed by atoms with van der Waals surface area (Å²) < 4.78 is 5.51.